The molecule has 2 aromatic rings. The van der Waals surface area contributed by atoms with Crippen LogP contribution in [0.4, 0.5) is 17.1 Å². The molecule has 1 heterocycles. The van der Waals surface area contributed by atoms with Gasteiger partial charge in [0, 0.05) is 31.5 Å². The molecular weight excluding hydrogens is 428 g/mol. The lowest BCUT2D eigenvalue weighted by atomic mass is 9.64. The van der Waals surface area contributed by atoms with Crippen LogP contribution in [0.25, 0.3) is 0 Å². The highest BCUT2D eigenvalue weighted by atomic mass is 16.5. The van der Waals surface area contributed by atoms with Crippen LogP contribution in [0.1, 0.15) is 58.4 Å². The number of nitrogens with one attached hydrogen (secondary N) is 1. The fraction of sp³-hybridized carbons (Fsp3) is 0.536. The zero-order valence-electron chi connectivity index (χ0n) is 20.7. The molecule has 34 heavy (non-hydrogen) atoms. The van der Waals surface area contributed by atoms with Crippen LogP contribution in [-0.4, -0.2) is 43.5 Å². The summed E-state index contributed by atoms with van der Waals surface area (Å²) in [5.74, 6) is 0.616. The van der Waals surface area contributed by atoms with Crippen molar-refractivity contribution in [3.8, 4) is 5.75 Å². The lowest BCUT2D eigenvalue weighted by Crippen LogP contribution is -2.43. The van der Waals surface area contributed by atoms with Gasteiger partial charge in [0.1, 0.15) is 5.75 Å². The molecule has 1 aliphatic heterocycles. The Morgan fingerprint density at radius 2 is 1.88 bits per heavy atom. The van der Waals surface area contributed by atoms with Crippen LogP contribution in [0, 0.1) is 5.92 Å². The standard InChI is InChI=1S/C28H38N2O4/c1-4-34-24-9-7-22(8-10-24)29-25-18-21(28(27(31)32)14-5-15-28)6-11-26(25)30(19-20(2)3)23-12-16-33-17-13-23/h6-11,18,20,23,29H,4-5,12-17,19H2,1-3H3,(H,31,32). The van der Waals surface area contributed by atoms with Crippen LogP contribution < -0.4 is 15.0 Å². The molecule has 0 aromatic heterocycles. The Morgan fingerprint density at radius 1 is 1.18 bits per heavy atom. The van der Waals surface area contributed by atoms with Crippen molar-refractivity contribution in [3.05, 3.63) is 48.0 Å². The summed E-state index contributed by atoms with van der Waals surface area (Å²) in [4.78, 5) is 14.7. The van der Waals surface area contributed by atoms with E-state index in [2.05, 4.69) is 36.2 Å². The number of aliphatic carboxylic acids is 1. The van der Waals surface area contributed by atoms with Gasteiger partial charge < -0.3 is 24.8 Å². The van der Waals surface area contributed by atoms with E-state index in [0.717, 1.165) is 67.4 Å². The Bertz CT molecular complexity index is 963. The van der Waals surface area contributed by atoms with E-state index in [1.165, 1.54) is 0 Å². The monoisotopic (exact) mass is 466 g/mol. The third kappa shape index (κ3) is 5.17. The van der Waals surface area contributed by atoms with Crippen LogP contribution in [0.3, 0.4) is 0 Å². The first-order valence-electron chi connectivity index (χ1n) is 12.6. The normalized spacial score (nSPS) is 17.8. The van der Waals surface area contributed by atoms with E-state index in [-0.39, 0.29) is 0 Å². The zero-order chi connectivity index (χ0) is 24.1. The summed E-state index contributed by atoms with van der Waals surface area (Å²) in [6.45, 7) is 9.59. The Kier molecular flexibility index (Phi) is 7.67. The van der Waals surface area contributed by atoms with Gasteiger partial charge in [-0.2, -0.15) is 0 Å². The summed E-state index contributed by atoms with van der Waals surface area (Å²) in [7, 11) is 0. The highest BCUT2D eigenvalue weighted by molar-refractivity contribution is 5.85. The predicted octanol–water partition coefficient (Wildman–Crippen LogP) is 5.98. The quantitative estimate of drug-likeness (QED) is 0.449. The van der Waals surface area contributed by atoms with Gasteiger partial charge in [-0.15, -0.1) is 0 Å². The first-order chi connectivity index (χ1) is 16.4. The molecule has 0 bridgehead atoms. The Labute approximate surface area is 203 Å². The van der Waals surface area contributed by atoms with Crippen LogP contribution in [0.2, 0.25) is 0 Å². The average molecular weight is 467 g/mol. The summed E-state index contributed by atoms with van der Waals surface area (Å²) >= 11 is 0. The molecule has 1 aliphatic carbocycles. The van der Waals surface area contributed by atoms with Crippen molar-refractivity contribution < 1.29 is 19.4 Å². The molecular formula is C28H38N2O4. The van der Waals surface area contributed by atoms with Gasteiger partial charge in [-0.25, -0.2) is 0 Å². The van der Waals surface area contributed by atoms with Gasteiger partial charge in [0.25, 0.3) is 0 Å². The Hall–Kier alpha value is -2.73. The van der Waals surface area contributed by atoms with E-state index in [9.17, 15) is 9.90 Å². The average Bonchev–Trinajstić information content (AvgIpc) is 2.79. The van der Waals surface area contributed by atoms with Crippen LogP contribution in [0.15, 0.2) is 42.5 Å². The van der Waals surface area contributed by atoms with Crippen molar-refractivity contribution in [2.24, 2.45) is 5.92 Å². The number of rotatable bonds is 10. The number of ether oxygens (including phenoxy) is 2. The Balaban J connectivity index is 1.73. The van der Waals surface area contributed by atoms with E-state index in [1.807, 2.05) is 37.3 Å². The molecule has 0 unspecified atom stereocenters. The van der Waals surface area contributed by atoms with E-state index in [1.54, 1.807) is 0 Å². The number of benzene rings is 2. The highest BCUT2D eigenvalue weighted by Gasteiger charge is 2.46. The second-order valence-corrected chi connectivity index (χ2v) is 9.94. The van der Waals surface area contributed by atoms with Crippen LogP contribution in [0.5, 0.6) is 5.75 Å². The molecule has 2 N–H and O–H groups in total. The first kappa shape index (κ1) is 24.4. The lowest BCUT2D eigenvalue weighted by molar-refractivity contribution is -0.147. The van der Waals surface area contributed by atoms with Crippen molar-refractivity contribution in [2.45, 2.75) is 64.3 Å². The van der Waals surface area contributed by atoms with E-state index in [4.69, 9.17) is 9.47 Å². The molecule has 6 heteroatoms. The molecule has 6 nitrogen and oxygen atoms in total. The first-order valence-corrected chi connectivity index (χ1v) is 12.6. The number of carboxylic acid groups (broad SMARTS) is 1. The fourth-order valence-electron chi connectivity index (χ4n) is 5.13. The van der Waals surface area contributed by atoms with Gasteiger partial charge in [0.15, 0.2) is 0 Å². The number of hydrogen-bond acceptors (Lipinski definition) is 5. The number of nitrogens with zero attached hydrogens (tertiary/aromatic N) is 1. The van der Waals surface area contributed by atoms with Crippen molar-refractivity contribution in [1.82, 2.24) is 0 Å². The van der Waals surface area contributed by atoms with Gasteiger partial charge in [-0.3, -0.25) is 4.79 Å². The summed E-state index contributed by atoms with van der Waals surface area (Å²) in [6, 6.07) is 14.6. The maximum absolute atomic E-state index is 12.2. The predicted molar refractivity (Wildman–Crippen MR) is 137 cm³/mol. The number of hydrogen-bond donors (Lipinski definition) is 2. The molecule has 1 saturated carbocycles. The molecule has 184 valence electrons. The summed E-state index contributed by atoms with van der Waals surface area (Å²) < 4.78 is 11.2. The second-order valence-electron chi connectivity index (χ2n) is 9.94. The third-order valence-corrected chi connectivity index (χ3v) is 7.11. The van der Waals surface area contributed by atoms with Gasteiger partial charge >= 0.3 is 5.97 Å². The third-order valence-electron chi connectivity index (χ3n) is 7.11. The molecule has 2 fully saturated rings. The smallest absolute Gasteiger partial charge is 0.314 e. The largest absolute Gasteiger partial charge is 0.494 e. The van der Waals surface area contributed by atoms with Gasteiger partial charge in [0.2, 0.25) is 0 Å². The van der Waals surface area contributed by atoms with E-state index < -0.39 is 11.4 Å². The number of carboxylic acids is 1. The van der Waals surface area contributed by atoms with E-state index in [0.29, 0.717) is 31.4 Å². The minimum absolute atomic E-state index is 0.403. The van der Waals surface area contributed by atoms with Gasteiger partial charge in [-0.1, -0.05) is 26.3 Å². The van der Waals surface area contributed by atoms with E-state index >= 15 is 0 Å². The van der Waals surface area contributed by atoms with Crippen molar-refractivity contribution >= 4 is 23.0 Å². The fourth-order valence-corrected chi connectivity index (χ4v) is 5.13. The molecule has 0 atom stereocenters. The minimum Gasteiger partial charge on any atom is -0.494 e. The molecule has 2 aliphatic rings. The summed E-state index contributed by atoms with van der Waals surface area (Å²) in [6.07, 6.45) is 4.34. The molecule has 0 radical (unpaired) electrons. The zero-order valence-corrected chi connectivity index (χ0v) is 20.7. The summed E-state index contributed by atoms with van der Waals surface area (Å²) in [5, 5.41) is 13.7. The van der Waals surface area contributed by atoms with Gasteiger partial charge in [-0.05, 0) is 80.5 Å². The second kappa shape index (κ2) is 10.7. The van der Waals surface area contributed by atoms with Crippen molar-refractivity contribution in [2.75, 3.05) is 36.6 Å². The molecule has 0 spiro atoms. The Morgan fingerprint density at radius 3 is 2.44 bits per heavy atom. The number of anilines is 3. The van der Waals surface area contributed by atoms with Crippen molar-refractivity contribution in [1.29, 1.82) is 0 Å². The maximum atomic E-state index is 12.2. The summed E-state index contributed by atoms with van der Waals surface area (Å²) in [5.41, 5.74) is 3.16. The molecule has 1 saturated heterocycles. The highest BCUT2D eigenvalue weighted by Crippen LogP contribution is 2.46. The maximum Gasteiger partial charge on any atom is 0.314 e. The number of carbonyl (C=O) groups is 1. The van der Waals surface area contributed by atoms with Crippen molar-refractivity contribution in [3.63, 3.8) is 0 Å². The minimum atomic E-state index is -0.769. The molecule has 0 amide bonds. The molecule has 2 aromatic carbocycles. The molecule has 4 rings (SSSR count). The van der Waals surface area contributed by atoms with Crippen LogP contribution >= 0.6 is 0 Å². The topological polar surface area (TPSA) is 71.0 Å². The SMILES string of the molecule is CCOc1ccc(Nc2cc(C3(C(=O)O)CCC3)ccc2N(CC(C)C)C2CCOCC2)cc1. The lowest BCUT2D eigenvalue weighted by Gasteiger charge is -2.41. The van der Waals surface area contributed by atoms with Gasteiger partial charge in [0.05, 0.1) is 23.4 Å². The van der Waals surface area contributed by atoms with Crippen LogP contribution in [-0.2, 0) is 14.9 Å².